The molecule has 1 N–H and O–H groups in total. The summed E-state index contributed by atoms with van der Waals surface area (Å²) in [5.41, 5.74) is 1.13. The van der Waals surface area contributed by atoms with E-state index in [-0.39, 0.29) is 24.5 Å². The van der Waals surface area contributed by atoms with Crippen LogP contribution in [0.4, 0.5) is 0 Å². The number of methoxy groups -OCH3 is 1. The van der Waals surface area contributed by atoms with E-state index in [0.717, 1.165) is 6.42 Å². The van der Waals surface area contributed by atoms with Crippen molar-refractivity contribution in [2.45, 2.75) is 19.4 Å². The van der Waals surface area contributed by atoms with Crippen LogP contribution >= 0.6 is 0 Å². The smallest absolute Gasteiger partial charge is 0.295 e. The van der Waals surface area contributed by atoms with Gasteiger partial charge in [-0.1, -0.05) is 13.0 Å². The molecule has 0 aliphatic carbocycles. The number of likely N-dealkylation sites (tertiary alicyclic amines) is 1. The number of benzene rings is 1. The summed E-state index contributed by atoms with van der Waals surface area (Å²) in [6, 6.07) is 9.57. The van der Waals surface area contributed by atoms with Crippen LogP contribution in [0.15, 0.2) is 54.4 Å². The second-order valence-corrected chi connectivity index (χ2v) is 6.64. The molecule has 1 saturated heterocycles. The number of rotatable bonds is 8. The number of Topliss-reactive ketones (excluding diaryl/α,β-unsaturated/α-hetero) is 1. The van der Waals surface area contributed by atoms with Gasteiger partial charge in [-0.25, -0.2) is 0 Å². The highest BCUT2D eigenvalue weighted by Crippen LogP contribution is 2.39. The van der Waals surface area contributed by atoms with Crippen molar-refractivity contribution in [3.05, 3.63) is 65.5 Å². The van der Waals surface area contributed by atoms with Crippen LogP contribution in [0.25, 0.3) is 5.76 Å². The van der Waals surface area contributed by atoms with Crippen molar-refractivity contribution in [2.75, 3.05) is 26.9 Å². The van der Waals surface area contributed by atoms with E-state index in [1.807, 2.05) is 6.92 Å². The Kier molecular flexibility index (Phi) is 6.61. The first kappa shape index (κ1) is 20.5. The maximum Gasteiger partial charge on any atom is 0.295 e. The van der Waals surface area contributed by atoms with Crippen LogP contribution in [0, 0.1) is 0 Å². The molecule has 1 aliphatic rings. The quantitative estimate of drug-likeness (QED) is 0.419. The van der Waals surface area contributed by atoms with Crippen molar-refractivity contribution in [3.8, 4) is 5.75 Å². The maximum absolute atomic E-state index is 12.8. The molecule has 0 radical (unpaired) electrons. The van der Waals surface area contributed by atoms with E-state index < -0.39 is 17.7 Å². The molecule has 0 bridgehead atoms. The molecule has 2 heterocycles. The van der Waals surface area contributed by atoms with Gasteiger partial charge in [-0.3, -0.25) is 14.6 Å². The molecule has 2 aromatic rings. The van der Waals surface area contributed by atoms with Crippen molar-refractivity contribution in [1.82, 2.24) is 9.88 Å². The van der Waals surface area contributed by atoms with E-state index in [4.69, 9.17) is 9.47 Å². The molecule has 0 spiro atoms. The lowest BCUT2D eigenvalue weighted by atomic mass is 9.96. The van der Waals surface area contributed by atoms with Crippen molar-refractivity contribution < 1.29 is 24.2 Å². The third-order valence-electron chi connectivity index (χ3n) is 4.68. The largest absolute Gasteiger partial charge is 0.507 e. The predicted molar refractivity (Wildman–Crippen MR) is 107 cm³/mol. The Labute approximate surface area is 169 Å². The van der Waals surface area contributed by atoms with Gasteiger partial charge in [0, 0.05) is 31.6 Å². The van der Waals surface area contributed by atoms with Crippen LogP contribution in [0.1, 0.15) is 30.5 Å². The fourth-order valence-electron chi connectivity index (χ4n) is 3.27. The summed E-state index contributed by atoms with van der Waals surface area (Å²) in [6.45, 7) is 3.10. The van der Waals surface area contributed by atoms with Crippen molar-refractivity contribution in [1.29, 1.82) is 0 Å². The monoisotopic (exact) mass is 396 g/mol. The second-order valence-electron chi connectivity index (χ2n) is 6.64. The Balaban J connectivity index is 2.03. The van der Waals surface area contributed by atoms with E-state index in [2.05, 4.69) is 4.98 Å². The number of nitrogens with zero attached hydrogens (tertiary/aromatic N) is 2. The number of amides is 1. The minimum Gasteiger partial charge on any atom is -0.507 e. The van der Waals surface area contributed by atoms with E-state index in [9.17, 15) is 14.7 Å². The van der Waals surface area contributed by atoms with E-state index >= 15 is 0 Å². The molecule has 7 heteroatoms. The zero-order valence-electron chi connectivity index (χ0n) is 16.5. The zero-order chi connectivity index (χ0) is 20.8. The van der Waals surface area contributed by atoms with Crippen LogP contribution in [0.5, 0.6) is 5.75 Å². The normalized spacial score (nSPS) is 18.3. The third-order valence-corrected chi connectivity index (χ3v) is 4.68. The average molecular weight is 396 g/mol. The predicted octanol–water partition coefficient (Wildman–Crippen LogP) is 2.94. The van der Waals surface area contributed by atoms with E-state index in [1.54, 1.807) is 48.8 Å². The summed E-state index contributed by atoms with van der Waals surface area (Å²) in [4.78, 5) is 30.9. The van der Waals surface area contributed by atoms with Gasteiger partial charge in [0.1, 0.15) is 11.5 Å². The van der Waals surface area contributed by atoms with Gasteiger partial charge >= 0.3 is 0 Å². The zero-order valence-corrected chi connectivity index (χ0v) is 16.5. The van der Waals surface area contributed by atoms with Gasteiger partial charge in [0.2, 0.25) is 0 Å². The molecule has 1 aromatic heterocycles. The summed E-state index contributed by atoms with van der Waals surface area (Å²) in [5, 5.41) is 10.9. The molecule has 0 saturated carbocycles. The topological polar surface area (TPSA) is 89.0 Å². The average Bonchev–Trinajstić information content (AvgIpc) is 3.01. The van der Waals surface area contributed by atoms with Gasteiger partial charge in [0.25, 0.3) is 11.7 Å². The van der Waals surface area contributed by atoms with Crippen molar-refractivity contribution >= 4 is 17.4 Å². The number of hydrogen-bond acceptors (Lipinski definition) is 6. The van der Waals surface area contributed by atoms with Crippen LogP contribution < -0.4 is 4.74 Å². The number of pyridine rings is 1. The highest BCUT2D eigenvalue weighted by Gasteiger charge is 2.45. The van der Waals surface area contributed by atoms with Crippen LogP contribution in [0.2, 0.25) is 0 Å². The van der Waals surface area contributed by atoms with E-state index in [1.165, 1.54) is 12.0 Å². The molecule has 3 rings (SSSR count). The van der Waals surface area contributed by atoms with Crippen molar-refractivity contribution in [2.24, 2.45) is 0 Å². The highest BCUT2D eigenvalue weighted by atomic mass is 16.5. The van der Waals surface area contributed by atoms with Crippen LogP contribution in [-0.2, 0) is 14.3 Å². The second kappa shape index (κ2) is 9.34. The SMILES string of the molecule is CCCOc1ccc(/C(O)=C2\C(=O)C(=O)N(CCOC)C2c2cccnc2)cc1. The molecule has 1 aromatic carbocycles. The Bertz CT molecular complexity index is 893. The number of aliphatic hydroxyl groups excluding tert-OH is 1. The third kappa shape index (κ3) is 4.30. The lowest BCUT2D eigenvalue weighted by Crippen LogP contribution is -2.32. The highest BCUT2D eigenvalue weighted by molar-refractivity contribution is 6.46. The lowest BCUT2D eigenvalue weighted by Gasteiger charge is -2.24. The summed E-state index contributed by atoms with van der Waals surface area (Å²) in [7, 11) is 1.53. The Morgan fingerprint density at radius 2 is 1.93 bits per heavy atom. The number of hydrogen-bond donors (Lipinski definition) is 1. The number of aliphatic hydroxyl groups is 1. The summed E-state index contributed by atoms with van der Waals surface area (Å²) < 4.78 is 10.6. The van der Waals surface area contributed by atoms with Gasteiger partial charge in [-0.2, -0.15) is 0 Å². The molecule has 152 valence electrons. The molecule has 1 unspecified atom stereocenters. The molecule has 1 amide bonds. The Hall–Kier alpha value is -3.19. The molecular formula is C22H24N2O5. The first-order chi connectivity index (χ1) is 14.1. The van der Waals surface area contributed by atoms with Gasteiger partial charge in [-0.15, -0.1) is 0 Å². The summed E-state index contributed by atoms with van der Waals surface area (Å²) in [5.74, 6) is -0.939. The van der Waals surface area contributed by atoms with Crippen LogP contribution in [-0.4, -0.2) is 53.5 Å². The Morgan fingerprint density at radius 1 is 1.17 bits per heavy atom. The molecule has 29 heavy (non-hydrogen) atoms. The van der Waals surface area contributed by atoms with Gasteiger partial charge in [0.05, 0.1) is 24.8 Å². The Morgan fingerprint density at radius 3 is 2.55 bits per heavy atom. The lowest BCUT2D eigenvalue weighted by molar-refractivity contribution is -0.140. The first-order valence-corrected chi connectivity index (χ1v) is 9.49. The summed E-state index contributed by atoms with van der Waals surface area (Å²) >= 11 is 0. The van der Waals surface area contributed by atoms with E-state index in [0.29, 0.717) is 23.5 Å². The van der Waals surface area contributed by atoms with Gasteiger partial charge in [0.15, 0.2) is 0 Å². The minimum atomic E-state index is -0.727. The molecule has 1 fully saturated rings. The number of carbonyl (C=O) groups excluding carboxylic acids is 2. The maximum atomic E-state index is 12.8. The number of aromatic nitrogens is 1. The van der Waals surface area contributed by atoms with Crippen LogP contribution in [0.3, 0.4) is 0 Å². The minimum absolute atomic E-state index is 0.0429. The van der Waals surface area contributed by atoms with Crippen molar-refractivity contribution in [3.63, 3.8) is 0 Å². The first-order valence-electron chi connectivity index (χ1n) is 9.49. The molecular weight excluding hydrogens is 372 g/mol. The fraction of sp³-hybridized carbons (Fsp3) is 0.318. The summed E-state index contributed by atoms with van der Waals surface area (Å²) in [6.07, 6.45) is 4.09. The molecule has 1 atom stereocenters. The number of ether oxygens (including phenoxy) is 2. The molecule has 1 aliphatic heterocycles. The van der Waals surface area contributed by atoms with Gasteiger partial charge < -0.3 is 19.5 Å². The number of ketones is 1. The molecule has 7 nitrogen and oxygen atoms in total. The fourth-order valence-corrected chi connectivity index (χ4v) is 3.27. The number of carbonyl (C=O) groups is 2. The standard InChI is InChI=1S/C22H24N2O5/c1-3-12-29-17-8-6-15(7-9-17)20(25)18-19(16-5-4-10-23-14-16)24(11-13-28-2)22(27)21(18)26/h4-10,14,19,25H,3,11-13H2,1-2H3/b20-18+. The van der Waals surface area contributed by atoms with Gasteiger partial charge in [-0.05, 0) is 42.3 Å².